The Balaban J connectivity index is 1.35. The standard InChI is InChI=1S/C24H33N5O2/c1-19-23(20(2)29(25-19)17-21-9-5-3-6-10-21)24(31)28-15-13-26(14-16-28)18-22(30)27-11-7-4-8-12-27/h3,5-6,9-10H,4,7-8,11-18H2,1-2H3. The Bertz CT molecular complexity index is 910. The molecular weight excluding hydrogens is 390 g/mol. The number of hydrogen-bond acceptors (Lipinski definition) is 4. The SMILES string of the molecule is Cc1nn(Cc2ccccc2)c(C)c1C(=O)N1CCN(CC(=O)N2CCCCC2)CC1. The van der Waals surface area contributed by atoms with Gasteiger partial charge in [0.2, 0.25) is 5.91 Å². The Hall–Kier alpha value is -2.67. The Labute approximate surface area is 184 Å². The van der Waals surface area contributed by atoms with Crippen molar-refractivity contribution in [3.05, 3.63) is 52.8 Å². The Morgan fingerprint density at radius 3 is 2.23 bits per heavy atom. The number of aromatic nitrogens is 2. The molecule has 1 aromatic carbocycles. The average molecular weight is 424 g/mol. The normalized spacial score (nSPS) is 17.7. The van der Waals surface area contributed by atoms with Crippen LogP contribution in [0.2, 0.25) is 0 Å². The van der Waals surface area contributed by atoms with E-state index in [4.69, 9.17) is 0 Å². The predicted octanol–water partition coefficient (Wildman–Crippen LogP) is 2.32. The zero-order valence-corrected chi connectivity index (χ0v) is 18.7. The minimum atomic E-state index is 0.0521. The van der Waals surface area contributed by atoms with Crippen LogP contribution in [0.5, 0.6) is 0 Å². The molecule has 166 valence electrons. The van der Waals surface area contributed by atoms with E-state index in [0.717, 1.165) is 50.4 Å². The fraction of sp³-hybridized carbons (Fsp3) is 0.542. The first-order chi connectivity index (χ1) is 15.0. The van der Waals surface area contributed by atoms with Gasteiger partial charge in [-0.1, -0.05) is 30.3 Å². The molecule has 0 N–H and O–H groups in total. The number of hydrogen-bond donors (Lipinski definition) is 0. The van der Waals surface area contributed by atoms with E-state index in [-0.39, 0.29) is 11.8 Å². The lowest BCUT2D eigenvalue weighted by molar-refractivity contribution is -0.133. The summed E-state index contributed by atoms with van der Waals surface area (Å²) >= 11 is 0. The zero-order valence-electron chi connectivity index (χ0n) is 18.7. The number of piperidine rings is 1. The third kappa shape index (κ3) is 4.98. The highest BCUT2D eigenvalue weighted by Crippen LogP contribution is 2.18. The number of carbonyl (C=O) groups excluding carboxylic acids is 2. The van der Waals surface area contributed by atoms with Crippen molar-refractivity contribution in [3.63, 3.8) is 0 Å². The van der Waals surface area contributed by atoms with Gasteiger partial charge in [-0.15, -0.1) is 0 Å². The summed E-state index contributed by atoms with van der Waals surface area (Å²) in [5, 5.41) is 4.64. The highest BCUT2D eigenvalue weighted by atomic mass is 16.2. The lowest BCUT2D eigenvalue weighted by Crippen LogP contribution is -2.52. The fourth-order valence-corrected chi connectivity index (χ4v) is 4.62. The molecule has 31 heavy (non-hydrogen) atoms. The molecule has 1 aromatic heterocycles. The van der Waals surface area contributed by atoms with Crippen LogP contribution >= 0.6 is 0 Å². The van der Waals surface area contributed by atoms with Crippen LogP contribution in [0.3, 0.4) is 0 Å². The maximum atomic E-state index is 13.3. The molecule has 0 aliphatic carbocycles. The highest BCUT2D eigenvalue weighted by Gasteiger charge is 2.28. The molecule has 3 heterocycles. The molecule has 0 bridgehead atoms. The van der Waals surface area contributed by atoms with Crippen molar-refractivity contribution in [3.8, 4) is 0 Å². The number of piperazine rings is 1. The molecule has 0 saturated carbocycles. The quantitative estimate of drug-likeness (QED) is 0.741. The van der Waals surface area contributed by atoms with Crippen molar-refractivity contribution in [2.24, 2.45) is 0 Å². The third-order valence-electron chi connectivity index (χ3n) is 6.50. The summed E-state index contributed by atoms with van der Waals surface area (Å²) in [6.45, 7) is 9.57. The zero-order chi connectivity index (χ0) is 21.8. The van der Waals surface area contributed by atoms with Crippen molar-refractivity contribution in [2.45, 2.75) is 39.7 Å². The number of benzene rings is 1. The summed E-state index contributed by atoms with van der Waals surface area (Å²) in [4.78, 5) is 31.9. The predicted molar refractivity (Wildman–Crippen MR) is 120 cm³/mol. The van der Waals surface area contributed by atoms with E-state index in [1.165, 1.54) is 12.0 Å². The average Bonchev–Trinajstić information content (AvgIpc) is 3.07. The molecule has 7 nitrogen and oxygen atoms in total. The molecule has 0 unspecified atom stereocenters. The second-order valence-electron chi connectivity index (χ2n) is 8.70. The lowest BCUT2D eigenvalue weighted by Gasteiger charge is -2.36. The summed E-state index contributed by atoms with van der Waals surface area (Å²) < 4.78 is 1.92. The molecule has 2 amide bonds. The van der Waals surface area contributed by atoms with Crippen LogP contribution in [0.4, 0.5) is 0 Å². The van der Waals surface area contributed by atoms with E-state index in [1.807, 2.05) is 46.5 Å². The van der Waals surface area contributed by atoms with Gasteiger partial charge in [-0.05, 0) is 38.7 Å². The molecule has 2 aliphatic heterocycles. The molecule has 2 aliphatic rings. The summed E-state index contributed by atoms with van der Waals surface area (Å²) in [5.74, 6) is 0.282. The molecule has 2 fully saturated rings. The molecule has 0 atom stereocenters. The highest BCUT2D eigenvalue weighted by molar-refractivity contribution is 5.96. The van der Waals surface area contributed by atoms with Gasteiger partial charge in [-0.2, -0.15) is 5.10 Å². The number of likely N-dealkylation sites (tertiary alicyclic amines) is 1. The monoisotopic (exact) mass is 423 g/mol. The summed E-state index contributed by atoms with van der Waals surface area (Å²) in [6.07, 6.45) is 3.46. The summed E-state index contributed by atoms with van der Waals surface area (Å²) in [5.41, 5.74) is 3.57. The van der Waals surface area contributed by atoms with Gasteiger partial charge in [0.25, 0.3) is 5.91 Å². The van der Waals surface area contributed by atoms with Crippen molar-refractivity contribution in [1.82, 2.24) is 24.5 Å². The molecule has 2 aromatic rings. The molecule has 2 saturated heterocycles. The second-order valence-corrected chi connectivity index (χ2v) is 8.70. The molecule has 4 rings (SSSR count). The van der Waals surface area contributed by atoms with Crippen LogP contribution in [0.1, 0.15) is 46.6 Å². The van der Waals surface area contributed by atoms with Crippen LogP contribution in [0.25, 0.3) is 0 Å². The van der Waals surface area contributed by atoms with Crippen LogP contribution in [-0.4, -0.2) is 82.1 Å². The first kappa shape index (κ1) is 21.6. The minimum absolute atomic E-state index is 0.0521. The van der Waals surface area contributed by atoms with E-state index in [0.29, 0.717) is 31.7 Å². The minimum Gasteiger partial charge on any atom is -0.342 e. The molecule has 0 spiro atoms. The van der Waals surface area contributed by atoms with Crippen molar-refractivity contribution in [1.29, 1.82) is 0 Å². The lowest BCUT2D eigenvalue weighted by atomic mass is 10.1. The Morgan fingerprint density at radius 1 is 0.871 bits per heavy atom. The third-order valence-corrected chi connectivity index (χ3v) is 6.50. The van der Waals surface area contributed by atoms with Crippen LogP contribution in [-0.2, 0) is 11.3 Å². The van der Waals surface area contributed by atoms with E-state index in [1.54, 1.807) is 0 Å². The van der Waals surface area contributed by atoms with Crippen molar-refractivity contribution in [2.75, 3.05) is 45.8 Å². The van der Waals surface area contributed by atoms with Crippen LogP contribution < -0.4 is 0 Å². The number of carbonyl (C=O) groups is 2. The maximum Gasteiger partial charge on any atom is 0.257 e. The molecule has 7 heteroatoms. The van der Waals surface area contributed by atoms with Gasteiger partial charge in [0.05, 0.1) is 24.3 Å². The van der Waals surface area contributed by atoms with E-state index >= 15 is 0 Å². The van der Waals surface area contributed by atoms with Gasteiger partial charge in [-0.25, -0.2) is 0 Å². The number of amides is 2. The summed E-state index contributed by atoms with van der Waals surface area (Å²) in [7, 11) is 0. The smallest absolute Gasteiger partial charge is 0.257 e. The maximum absolute atomic E-state index is 13.3. The second kappa shape index (κ2) is 9.64. The first-order valence-corrected chi connectivity index (χ1v) is 11.4. The van der Waals surface area contributed by atoms with E-state index < -0.39 is 0 Å². The van der Waals surface area contributed by atoms with Gasteiger partial charge in [0.1, 0.15) is 0 Å². The number of nitrogens with zero attached hydrogens (tertiary/aromatic N) is 5. The molecule has 0 radical (unpaired) electrons. The van der Waals surface area contributed by atoms with E-state index in [2.05, 4.69) is 22.1 Å². The number of aryl methyl sites for hydroxylation is 1. The Morgan fingerprint density at radius 2 is 1.55 bits per heavy atom. The first-order valence-electron chi connectivity index (χ1n) is 11.4. The van der Waals surface area contributed by atoms with E-state index in [9.17, 15) is 9.59 Å². The van der Waals surface area contributed by atoms with Gasteiger partial charge in [0, 0.05) is 45.0 Å². The topological polar surface area (TPSA) is 61.7 Å². The van der Waals surface area contributed by atoms with Gasteiger partial charge in [-0.3, -0.25) is 19.2 Å². The van der Waals surface area contributed by atoms with Crippen molar-refractivity contribution < 1.29 is 9.59 Å². The van der Waals surface area contributed by atoms with Gasteiger partial charge >= 0.3 is 0 Å². The van der Waals surface area contributed by atoms with Crippen LogP contribution in [0, 0.1) is 13.8 Å². The number of rotatable bonds is 5. The fourth-order valence-electron chi connectivity index (χ4n) is 4.62. The Kier molecular flexibility index (Phi) is 6.70. The molecular formula is C24H33N5O2. The van der Waals surface area contributed by atoms with Gasteiger partial charge in [0.15, 0.2) is 0 Å². The largest absolute Gasteiger partial charge is 0.342 e. The summed E-state index contributed by atoms with van der Waals surface area (Å²) in [6, 6.07) is 10.2. The van der Waals surface area contributed by atoms with Crippen molar-refractivity contribution >= 4 is 11.8 Å². The van der Waals surface area contributed by atoms with Crippen LogP contribution in [0.15, 0.2) is 30.3 Å². The van der Waals surface area contributed by atoms with Gasteiger partial charge < -0.3 is 9.80 Å².